The molecule has 0 fully saturated rings. The van der Waals surface area contributed by atoms with Gasteiger partial charge in [-0.2, -0.15) is 0 Å². The Labute approximate surface area is 254 Å². The molecule has 0 saturated carbocycles. The molecule has 1 N–H and O–H groups in total. The highest BCUT2D eigenvalue weighted by Gasteiger charge is 2.63. The Bertz CT molecular complexity index is 652. The van der Waals surface area contributed by atoms with Gasteiger partial charge in [-0.3, -0.25) is 0 Å². The Balaban J connectivity index is 7.21. The zero-order valence-corrected chi connectivity index (χ0v) is 29.6. The maximum Gasteiger partial charge on any atom is 0.341 e. The topological polar surface area (TPSA) is 75.6 Å². The van der Waals surface area contributed by atoms with Crippen molar-refractivity contribution in [3.63, 3.8) is 0 Å². The summed E-state index contributed by atoms with van der Waals surface area (Å²) in [5.41, 5.74) is -0.553. The summed E-state index contributed by atoms with van der Waals surface area (Å²) in [5.74, 6) is -3.38. The lowest BCUT2D eigenvalue weighted by Crippen LogP contribution is -2.69. The lowest BCUT2D eigenvalue weighted by molar-refractivity contribution is -0.515. The lowest BCUT2D eigenvalue weighted by atomic mass is 9.96. The molecule has 0 aromatic heterocycles. The van der Waals surface area contributed by atoms with Crippen LogP contribution in [0, 0.1) is 17.3 Å². The fraction of sp³-hybridized carbons (Fsp3) is 1.00. The molecule has 0 aromatic carbocycles. The van der Waals surface area contributed by atoms with Gasteiger partial charge < -0.3 is 33.5 Å². The molecular formula is C34H70O7. The van der Waals surface area contributed by atoms with E-state index in [1.807, 2.05) is 27.7 Å². The standard InChI is InChI=1S/C34H70O7/c1-15-19-28(8)41-34(35,38-24-27(7)16-2)33(37-22-20-26(5)6,39-25-31(9,10)11)30(40-29(17-3)18-4)21-23-36-32(12,13)14/h26-30,35H,15-25H2,1-14H3. The van der Waals surface area contributed by atoms with Crippen LogP contribution < -0.4 is 0 Å². The van der Waals surface area contributed by atoms with Crippen LogP contribution in [0.25, 0.3) is 0 Å². The van der Waals surface area contributed by atoms with Gasteiger partial charge in [0.05, 0.1) is 37.6 Å². The van der Waals surface area contributed by atoms with Gasteiger partial charge in [0.25, 0.3) is 5.79 Å². The summed E-state index contributed by atoms with van der Waals surface area (Å²) in [7, 11) is 0. The number of hydrogen-bond donors (Lipinski definition) is 1. The van der Waals surface area contributed by atoms with Crippen molar-refractivity contribution in [3.05, 3.63) is 0 Å². The molecule has 0 aliphatic rings. The van der Waals surface area contributed by atoms with E-state index in [-0.39, 0.29) is 35.7 Å². The molecule has 5 atom stereocenters. The van der Waals surface area contributed by atoms with Gasteiger partial charge in [-0.25, -0.2) is 0 Å². The second-order valence-corrected chi connectivity index (χ2v) is 14.5. The average Bonchev–Trinajstić information content (AvgIpc) is 2.85. The van der Waals surface area contributed by atoms with Crippen LogP contribution >= 0.6 is 0 Å². The molecule has 0 aliphatic heterocycles. The molecule has 248 valence electrons. The number of rotatable bonds is 23. The van der Waals surface area contributed by atoms with Crippen LogP contribution in [0.3, 0.4) is 0 Å². The van der Waals surface area contributed by atoms with E-state index in [9.17, 15) is 5.11 Å². The molecule has 7 heteroatoms. The molecule has 0 heterocycles. The predicted molar refractivity (Wildman–Crippen MR) is 169 cm³/mol. The van der Waals surface area contributed by atoms with E-state index in [2.05, 4.69) is 69.2 Å². The van der Waals surface area contributed by atoms with Crippen molar-refractivity contribution in [1.82, 2.24) is 0 Å². The smallest absolute Gasteiger partial charge is 0.341 e. The van der Waals surface area contributed by atoms with E-state index >= 15 is 0 Å². The molecule has 0 aromatic rings. The van der Waals surface area contributed by atoms with Gasteiger partial charge in [-0.05, 0) is 70.6 Å². The van der Waals surface area contributed by atoms with Crippen LogP contribution in [0.1, 0.15) is 142 Å². The summed E-state index contributed by atoms with van der Waals surface area (Å²) < 4.78 is 39.5. The Morgan fingerprint density at radius 2 is 1.27 bits per heavy atom. The quantitative estimate of drug-likeness (QED) is 0.120. The highest BCUT2D eigenvalue weighted by atomic mass is 16.9. The first-order valence-corrected chi connectivity index (χ1v) is 16.5. The van der Waals surface area contributed by atoms with Crippen molar-refractivity contribution in [1.29, 1.82) is 0 Å². The van der Waals surface area contributed by atoms with E-state index in [0.29, 0.717) is 32.2 Å². The predicted octanol–water partition coefficient (Wildman–Crippen LogP) is 8.50. The molecule has 0 aliphatic carbocycles. The van der Waals surface area contributed by atoms with Crippen molar-refractivity contribution in [2.75, 3.05) is 26.4 Å². The largest absolute Gasteiger partial charge is 0.376 e. The van der Waals surface area contributed by atoms with Crippen molar-refractivity contribution in [2.45, 2.75) is 178 Å². The zero-order valence-electron chi connectivity index (χ0n) is 29.6. The Morgan fingerprint density at radius 1 is 0.683 bits per heavy atom. The number of aliphatic hydroxyl groups is 1. The van der Waals surface area contributed by atoms with Crippen molar-refractivity contribution in [3.8, 4) is 0 Å². The van der Waals surface area contributed by atoms with E-state index in [1.54, 1.807) is 0 Å². The maximum atomic E-state index is 12.7. The fourth-order valence-corrected chi connectivity index (χ4v) is 4.24. The van der Waals surface area contributed by atoms with Crippen LogP contribution in [-0.4, -0.2) is 67.2 Å². The number of hydrogen-bond acceptors (Lipinski definition) is 7. The summed E-state index contributed by atoms with van der Waals surface area (Å²) in [4.78, 5) is 0. The molecule has 0 radical (unpaired) electrons. The van der Waals surface area contributed by atoms with Gasteiger partial charge in [0.15, 0.2) is 0 Å². The van der Waals surface area contributed by atoms with Crippen LogP contribution in [0.4, 0.5) is 0 Å². The molecule has 7 nitrogen and oxygen atoms in total. The minimum Gasteiger partial charge on any atom is -0.376 e. The van der Waals surface area contributed by atoms with Crippen molar-refractivity contribution in [2.24, 2.45) is 17.3 Å². The third kappa shape index (κ3) is 15.8. The Morgan fingerprint density at radius 3 is 1.73 bits per heavy atom. The van der Waals surface area contributed by atoms with Crippen LogP contribution in [0.2, 0.25) is 0 Å². The van der Waals surface area contributed by atoms with Crippen molar-refractivity contribution < 1.29 is 33.5 Å². The van der Waals surface area contributed by atoms with Crippen LogP contribution in [0.15, 0.2) is 0 Å². The summed E-state index contributed by atoms with van der Waals surface area (Å²) in [6.45, 7) is 30.6. The molecule has 5 unspecified atom stereocenters. The van der Waals surface area contributed by atoms with E-state index < -0.39 is 17.9 Å². The molecule has 0 rings (SSSR count). The molecule has 0 spiro atoms. The van der Waals surface area contributed by atoms with E-state index in [0.717, 1.165) is 38.5 Å². The highest BCUT2D eigenvalue weighted by Crippen LogP contribution is 2.41. The molecule has 0 bridgehead atoms. The first-order chi connectivity index (χ1) is 18.9. The van der Waals surface area contributed by atoms with E-state index in [1.165, 1.54) is 0 Å². The summed E-state index contributed by atoms with van der Waals surface area (Å²) in [6.07, 6.45) is 4.31. The van der Waals surface area contributed by atoms with Gasteiger partial charge in [-0.1, -0.05) is 82.1 Å². The first-order valence-electron chi connectivity index (χ1n) is 16.5. The van der Waals surface area contributed by atoms with Crippen LogP contribution in [-0.2, 0) is 28.4 Å². The van der Waals surface area contributed by atoms with Gasteiger partial charge in [0, 0.05) is 13.0 Å². The zero-order chi connectivity index (χ0) is 31.9. The van der Waals surface area contributed by atoms with E-state index in [4.69, 9.17) is 28.4 Å². The molecular weight excluding hydrogens is 520 g/mol. The number of ether oxygens (including phenoxy) is 6. The normalized spacial score (nSPS) is 18.4. The fourth-order valence-electron chi connectivity index (χ4n) is 4.24. The molecule has 41 heavy (non-hydrogen) atoms. The van der Waals surface area contributed by atoms with Gasteiger partial charge in [0.2, 0.25) is 0 Å². The third-order valence-corrected chi connectivity index (χ3v) is 7.09. The average molecular weight is 591 g/mol. The minimum atomic E-state index is -2.22. The summed E-state index contributed by atoms with van der Waals surface area (Å²) in [5, 5.41) is 12.7. The Hall–Kier alpha value is -0.280. The van der Waals surface area contributed by atoms with Gasteiger partial charge in [0.1, 0.15) is 6.10 Å². The first kappa shape index (κ1) is 40.7. The summed E-state index contributed by atoms with van der Waals surface area (Å²) >= 11 is 0. The van der Waals surface area contributed by atoms with Gasteiger partial charge >= 0.3 is 5.97 Å². The third-order valence-electron chi connectivity index (χ3n) is 7.09. The SMILES string of the molecule is CCCC(C)OC(O)(OCC(C)CC)C(OCCC(C)C)(OCC(C)(C)C)C(CCOC(C)(C)C)OC(CC)CC. The van der Waals surface area contributed by atoms with Crippen LogP contribution in [0.5, 0.6) is 0 Å². The molecule has 0 amide bonds. The lowest BCUT2D eigenvalue weighted by Gasteiger charge is -2.50. The second-order valence-electron chi connectivity index (χ2n) is 14.5. The maximum absolute atomic E-state index is 12.7. The summed E-state index contributed by atoms with van der Waals surface area (Å²) in [6, 6.07) is 0. The molecule has 0 saturated heterocycles. The second kappa shape index (κ2) is 19.2. The highest BCUT2D eigenvalue weighted by molar-refractivity contribution is 4.93. The van der Waals surface area contributed by atoms with Gasteiger partial charge in [-0.15, -0.1) is 0 Å². The Kier molecular flexibility index (Phi) is 19.0. The van der Waals surface area contributed by atoms with Crippen molar-refractivity contribution >= 4 is 0 Å². The monoisotopic (exact) mass is 591 g/mol. The minimum absolute atomic E-state index is 0.0622.